The summed E-state index contributed by atoms with van der Waals surface area (Å²) >= 11 is 0. The largest absolute Gasteiger partial charge is 0.381 e. The van der Waals surface area contributed by atoms with E-state index in [0.29, 0.717) is 5.92 Å². The molecule has 2 aliphatic rings. The zero-order valence-corrected chi connectivity index (χ0v) is 18.9. The molecule has 164 valence electrons. The fraction of sp³-hybridized carbons (Fsp3) is 0.955. The maximum atomic E-state index is 5.84. The van der Waals surface area contributed by atoms with E-state index >= 15 is 0 Å². The van der Waals surface area contributed by atoms with Crippen LogP contribution in [0.3, 0.4) is 0 Å². The summed E-state index contributed by atoms with van der Waals surface area (Å²) < 4.78 is 11.2. The van der Waals surface area contributed by atoms with Crippen molar-refractivity contribution >= 4 is 5.96 Å². The Morgan fingerprint density at radius 1 is 1.14 bits per heavy atom. The third-order valence-electron chi connectivity index (χ3n) is 6.09. The molecule has 0 bridgehead atoms. The van der Waals surface area contributed by atoms with Gasteiger partial charge in [-0.25, -0.2) is 0 Å². The van der Waals surface area contributed by atoms with E-state index in [1.165, 1.54) is 19.5 Å². The lowest BCUT2D eigenvalue weighted by atomic mass is 9.88. The van der Waals surface area contributed by atoms with Gasteiger partial charge in [0.1, 0.15) is 0 Å². The Morgan fingerprint density at radius 3 is 2.46 bits per heavy atom. The van der Waals surface area contributed by atoms with Crippen LogP contribution in [0.1, 0.15) is 53.4 Å². The Morgan fingerprint density at radius 2 is 1.82 bits per heavy atom. The fourth-order valence-corrected chi connectivity index (χ4v) is 4.33. The van der Waals surface area contributed by atoms with Crippen LogP contribution in [0.4, 0.5) is 0 Å². The van der Waals surface area contributed by atoms with E-state index < -0.39 is 0 Å². The number of guanidine groups is 1. The van der Waals surface area contributed by atoms with E-state index in [1.807, 2.05) is 7.05 Å². The topological polar surface area (TPSA) is 58.1 Å². The zero-order valence-electron chi connectivity index (χ0n) is 18.9. The van der Waals surface area contributed by atoms with E-state index in [-0.39, 0.29) is 5.54 Å². The second-order valence-corrected chi connectivity index (χ2v) is 9.50. The molecule has 6 heteroatoms. The average Bonchev–Trinajstić information content (AvgIpc) is 2.67. The molecule has 2 N–H and O–H groups in total. The lowest BCUT2D eigenvalue weighted by Crippen LogP contribution is -2.57. The van der Waals surface area contributed by atoms with Crippen LogP contribution in [0.2, 0.25) is 0 Å². The molecule has 2 rings (SSSR count). The van der Waals surface area contributed by atoms with Crippen molar-refractivity contribution in [1.29, 1.82) is 0 Å². The number of hydrogen-bond donors (Lipinski definition) is 2. The molecule has 0 amide bonds. The Labute approximate surface area is 172 Å². The number of nitrogens with one attached hydrogen (secondary N) is 2. The van der Waals surface area contributed by atoms with Crippen LogP contribution in [0.15, 0.2) is 4.99 Å². The molecule has 0 aromatic heterocycles. The van der Waals surface area contributed by atoms with Crippen molar-refractivity contribution in [3.8, 4) is 0 Å². The third-order valence-corrected chi connectivity index (χ3v) is 6.09. The molecule has 2 heterocycles. The SMILES string of the molecule is CN=C(NCCCOCC1CCOCC1)NCC(C)(C)N1CC(C)CC(C)C1. The summed E-state index contributed by atoms with van der Waals surface area (Å²) in [4.78, 5) is 7.01. The molecule has 2 atom stereocenters. The first kappa shape index (κ1) is 23.4. The summed E-state index contributed by atoms with van der Waals surface area (Å²) in [6, 6.07) is 0. The number of piperidine rings is 1. The highest BCUT2D eigenvalue weighted by Crippen LogP contribution is 2.26. The van der Waals surface area contributed by atoms with E-state index in [1.54, 1.807) is 0 Å². The highest BCUT2D eigenvalue weighted by molar-refractivity contribution is 5.79. The van der Waals surface area contributed by atoms with Crippen molar-refractivity contribution in [1.82, 2.24) is 15.5 Å². The minimum atomic E-state index is 0.118. The standard InChI is InChI=1S/C22H44N4O2/c1-18-13-19(2)15-26(14-18)22(3,4)17-25-21(23-5)24-9-6-10-28-16-20-7-11-27-12-8-20/h18-20H,6-17H2,1-5H3,(H2,23,24,25). The van der Waals surface area contributed by atoms with Gasteiger partial charge in [0.15, 0.2) is 5.96 Å². The molecule has 28 heavy (non-hydrogen) atoms. The van der Waals surface area contributed by atoms with Gasteiger partial charge >= 0.3 is 0 Å². The van der Waals surface area contributed by atoms with Crippen LogP contribution < -0.4 is 10.6 Å². The predicted octanol–water partition coefficient (Wildman–Crippen LogP) is 2.74. The molecule has 2 unspecified atom stereocenters. The molecule has 0 aliphatic carbocycles. The first-order chi connectivity index (χ1) is 13.4. The monoisotopic (exact) mass is 396 g/mol. The molecule has 0 aromatic carbocycles. The molecule has 2 saturated heterocycles. The third kappa shape index (κ3) is 8.26. The van der Waals surface area contributed by atoms with Gasteiger partial charge in [-0.05, 0) is 57.3 Å². The van der Waals surface area contributed by atoms with Gasteiger partial charge in [-0.15, -0.1) is 0 Å². The molecule has 0 radical (unpaired) electrons. The quantitative estimate of drug-likeness (QED) is 0.357. The molecule has 2 fully saturated rings. The van der Waals surface area contributed by atoms with E-state index in [9.17, 15) is 0 Å². The van der Waals surface area contributed by atoms with Crippen LogP contribution >= 0.6 is 0 Å². The summed E-state index contributed by atoms with van der Waals surface area (Å²) in [5.41, 5.74) is 0.118. The molecule has 0 spiro atoms. The van der Waals surface area contributed by atoms with Crippen LogP contribution in [-0.4, -0.2) is 76.1 Å². The van der Waals surface area contributed by atoms with E-state index in [2.05, 4.69) is 48.2 Å². The van der Waals surface area contributed by atoms with E-state index in [0.717, 1.165) is 76.6 Å². The zero-order chi connectivity index (χ0) is 20.4. The van der Waals surface area contributed by atoms with Gasteiger partial charge in [-0.3, -0.25) is 9.89 Å². The molecule has 6 nitrogen and oxygen atoms in total. The Kier molecular flexibility index (Phi) is 10.0. The number of ether oxygens (including phenoxy) is 2. The maximum absolute atomic E-state index is 5.84. The van der Waals surface area contributed by atoms with Crippen LogP contribution in [-0.2, 0) is 9.47 Å². The summed E-state index contributed by atoms with van der Waals surface area (Å²) in [6.45, 7) is 17.0. The van der Waals surface area contributed by atoms with Gasteiger partial charge in [0.25, 0.3) is 0 Å². The van der Waals surface area contributed by atoms with Crippen molar-refractivity contribution in [2.75, 3.05) is 59.7 Å². The summed E-state index contributed by atoms with van der Waals surface area (Å²) in [7, 11) is 1.84. The van der Waals surface area contributed by atoms with E-state index in [4.69, 9.17) is 9.47 Å². The first-order valence-corrected chi connectivity index (χ1v) is 11.3. The van der Waals surface area contributed by atoms with Gasteiger partial charge in [0.05, 0.1) is 0 Å². The average molecular weight is 397 g/mol. The van der Waals surface area contributed by atoms with Gasteiger partial charge in [-0.2, -0.15) is 0 Å². The van der Waals surface area contributed by atoms with Gasteiger partial charge in [-0.1, -0.05) is 13.8 Å². The predicted molar refractivity (Wildman–Crippen MR) is 117 cm³/mol. The summed E-state index contributed by atoms with van der Waals surface area (Å²) in [6.07, 6.45) is 4.62. The molecular weight excluding hydrogens is 352 g/mol. The minimum absolute atomic E-state index is 0.118. The maximum Gasteiger partial charge on any atom is 0.191 e. The summed E-state index contributed by atoms with van der Waals surface area (Å²) in [5, 5.41) is 6.94. The summed E-state index contributed by atoms with van der Waals surface area (Å²) in [5.74, 6) is 3.12. The van der Waals surface area contributed by atoms with Crippen molar-refractivity contribution in [2.24, 2.45) is 22.7 Å². The van der Waals surface area contributed by atoms with Crippen molar-refractivity contribution in [3.05, 3.63) is 0 Å². The molecular formula is C22H44N4O2. The van der Waals surface area contributed by atoms with Gasteiger partial charge in [0, 0.05) is 65.2 Å². The van der Waals surface area contributed by atoms with Crippen molar-refractivity contribution in [3.63, 3.8) is 0 Å². The van der Waals surface area contributed by atoms with Crippen LogP contribution in [0.25, 0.3) is 0 Å². The first-order valence-electron chi connectivity index (χ1n) is 11.3. The highest BCUT2D eigenvalue weighted by atomic mass is 16.5. The second-order valence-electron chi connectivity index (χ2n) is 9.50. The Bertz CT molecular complexity index is 453. The van der Waals surface area contributed by atoms with Crippen LogP contribution in [0, 0.1) is 17.8 Å². The lowest BCUT2D eigenvalue weighted by molar-refractivity contribution is 0.0203. The van der Waals surface area contributed by atoms with Crippen molar-refractivity contribution in [2.45, 2.75) is 58.9 Å². The van der Waals surface area contributed by atoms with Crippen molar-refractivity contribution < 1.29 is 9.47 Å². The number of rotatable bonds is 9. The molecule has 0 aromatic rings. The number of aliphatic imine (C=N–C) groups is 1. The highest BCUT2D eigenvalue weighted by Gasteiger charge is 2.32. The number of likely N-dealkylation sites (tertiary alicyclic amines) is 1. The fourth-order valence-electron chi connectivity index (χ4n) is 4.33. The lowest BCUT2D eigenvalue weighted by Gasteiger charge is -2.45. The Hall–Kier alpha value is -0.850. The molecule has 2 aliphatic heterocycles. The van der Waals surface area contributed by atoms with Crippen LogP contribution in [0.5, 0.6) is 0 Å². The van der Waals surface area contributed by atoms with Gasteiger partial charge < -0.3 is 20.1 Å². The smallest absolute Gasteiger partial charge is 0.191 e. The van der Waals surface area contributed by atoms with Gasteiger partial charge in [0.2, 0.25) is 0 Å². The minimum Gasteiger partial charge on any atom is -0.381 e. The Balaban J connectivity index is 1.59. The normalized spacial score (nSPS) is 25.7. The number of hydrogen-bond acceptors (Lipinski definition) is 4. The second kappa shape index (κ2) is 12.0. The number of nitrogens with zero attached hydrogens (tertiary/aromatic N) is 2. The molecule has 0 saturated carbocycles.